The lowest BCUT2D eigenvalue weighted by atomic mass is 10.1. The molecule has 1 heterocycles. The number of nitrogens with zero attached hydrogens (tertiary/aromatic N) is 1. The third kappa shape index (κ3) is 2.92. The second-order valence-electron chi connectivity index (χ2n) is 5.12. The van der Waals surface area contributed by atoms with Crippen LogP contribution in [0.15, 0.2) is 34.8 Å². The van der Waals surface area contributed by atoms with Gasteiger partial charge in [0, 0.05) is 5.57 Å². The lowest BCUT2D eigenvalue weighted by molar-refractivity contribution is 0.279. The monoisotopic (exact) mass is 245 g/mol. The Morgan fingerprint density at radius 1 is 1.44 bits per heavy atom. The van der Waals surface area contributed by atoms with Gasteiger partial charge in [-0.25, -0.2) is 4.99 Å². The molecule has 0 bridgehead atoms. The van der Waals surface area contributed by atoms with Crippen molar-refractivity contribution in [3.8, 4) is 5.75 Å². The molecule has 18 heavy (non-hydrogen) atoms. The van der Waals surface area contributed by atoms with E-state index in [1.807, 2.05) is 31.2 Å². The molecule has 3 nitrogen and oxygen atoms in total. The van der Waals surface area contributed by atoms with Crippen LogP contribution in [0.25, 0.3) is 6.08 Å². The maximum atomic E-state index is 5.61. The molecule has 1 aliphatic heterocycles. The third-order valence-electron chi connectivity index (χ3n) is 2.78. The van der Waals surface area contributed by atoms with E-state index in [0.717, 1.165) is 22.8 Å². The van der Waals surface area contributed by atoms with Crippen LogP contribution < -0.4 is 4.74 Å². The van der Waals surface area contributed by atoms with Crippen LogP contribution in [0, 0.1) is 0 Å². The van der Waals surface area contributed by atoms with Crippen LogP contribution >= 0.6 is 0 Å². The zero-order chi connectivity index (χ0) is 13.2. The summed E-state index contributed by atoms with van der Waals surface area (Å²) in [7, 11) is 1.67. The number of rotatable bonds is 3. The van der Waals surface area contributed by atoms with Gasteiger partial charge in [0.15, 0.2) is 0 Å². The molecular formula is C15H19NO2. The summed E-state index contributed by atoms with van der Waals surface area (Å²) < 4.78 is 10.8. The molecule has 0 spiro atoms. The topological polar surface area (TPSA) is 30.8 Å². The number of methoxy groups -OCH3 is 1. The zero-order valence-electron chi connectivity index (χ0n) is 11.4. The highest BCUT2D eigenvalue weighted by Gasteiger charge is 2.26. The number of aliphatic imine (C=N–C) groups is 1. The maximum Gasteiger partial charge on any atom is 0.212 e. The zero-order valence-corrected chi connectivity index (χ0v) is 11.4. The summed E-state index contributed by atoms with van der Waals surface area (Å²) in [6, 6.07) is 7.93. The Labute approximate surface area is 108 Å². The molecule has 0 N–H and O–H groups in total. The van der Waals surface area contributed by atoms with Gasteiger partial charge in [0.05, 0.1) is 12.6 Å². The van der Waals surface area contributed by atoms with E-state index in [4.69, 9.17) is 9.47 Å². The number of hydrogen-bond donors (Lipinski definition) is 0. The van der Waals surface area contributed by atoms with Gasteiger partial charge in [0.1, 0.15) is 12.4 Å². The van der Waals surface area contributed by atoms with E-state index in [2.05, 4.69) is 24.9 Å². The number of hydrogen-bond acceptors (Lipinski definition) is 3. The van der Waals surface area contributed by atoms with Crippen LogP contribution in [0.4, 0.5) is 0 Å². The standard InChI is InChI=1S/C15H19NO2/c1-11(14-16-15(2,3)10-18-14)8-12-6-5-7-13(9-12)17-4/h5-9H,10H2,1-4H3/b11-8+. The lowest BCUT2D eigenvalue weighted by Gasteiger charge is -2.07. The maximum absolute atomic E-state index is 5.61. The molecule has 2 rings (SSSR count). The quantitative estimate of drug-likeness (QED) is 0.818. The Morgan fingerprint density at radius 2 is 2.22 bits per heavy atom. The minimum Gasteiger partial charge on any atom is -0.497 e. The summed E-state index contributed by atoms with van der Waals surface area (Å²) in [5.41, 5.74) is 2.01. The Kier molecular flexibility index (Phi) is 3.41. The molecule has 96 valence electrons. The highest BCUT2D eigenvalue weighted by molar-refractivity contribution is 5.98. The summed E-state index contributed by atoms with van der Waals surface area (Å²) in [6.45, 7) is 6.79. The predicted molar refractivity (Wildman–Crippen MR) is 74.1 cm³/mol. The van der Waals surface area contributed by atoms with Crippen molar-refractivity contribution < 1.29 is 9.47 Å². The smallest absolute Gasteiger partial charge is 0.212 e. The molecule has 0 saturated heterocycles. The molecule has 0 radical (unpaired) electrons. The van der Waals surface area contributed by atoms with Crippen molar-refractivity contribution in [1.29, 1.82) is 0 Å². The second-order valence-corrected chi connectivity index (χ2v) is 5.12. The van der Waals surface area contributed by atoms with E-state index >= 15 is 0 Å². The summed E-state index contributed by atoms with van der Waals surface area (Å²) >= 11 is 0. The van der Waals surface area contributed by atoms with Gasteiger partial charge in [0.2, 0.25) is 5.90 Å². The Bertz CT molecular complexity index is 501. The number of benzene rings is 1. The molecule has 1 aromatic carbocycles. The molecule has 0 aromatic heterocycles. The molecule has 0 atom stereocenters. The molecule has 3 heteroatoms. The van der Waals surface area contributed by atoms with Crippen LogP contribution in [0.5, 0.6) is 5.75 Å². The van der Waals surface area contributed by atoms with Gasteiger partial charge in [-0.2, -0.15) is 0 Å². The minimum atomic E-state index is -0.112. The highest BCUT2D eigenvalue weighted by atomic mass is 16.5. The second kappa shape index (κ2) is 4.84. The van der Waals surface area contributed by atoms with Crippen LogP contribution in [-0.2, 0) is 4.74 Å². The van der Waals surface area contributed by atoms with Gasteiger partial charge >= 0.3 is 0 Å². The first-order valence-corrected chi connectivity index (χ1v) is 6.05. The normalized spacial score (nSPS) is 18.2. The van der Waals surface area contributed by atoms with Crippen molar-refractivity contribution in [3.63, 3.8) is 0 Å². The Hall–Kier alpha value is -1.77. The first-order chi connectivity index (χ1) is 8.50. The molecule has 0 fully saturated rings. The van der Waals surface area contributed by atoms with Gasteiger partial charge in [0.25, 0.3) is 0 Å². The Morgan fingerprint density at radius 3 is 2.83 bits per heavy atom. The highest BCUT2D eigenvalue weighted by Crippen LogP contribution is 2.22. The largest absolute Gasteiger partial charge is 0.497 e. The first-order valence-electron chi connectivity index (χ1n) is 6.05. The summed E-state index contributed by atoms with van der Waals surface area (Å²) in [4.78, 5) is 4.55. The van der Waals surface area contributed by atoms with E-state index in [1.54, 1.807) is 7.11 Å². The average molecular weight is 245 g/mol. The SMILES string of the molecule is COc1cccc(/C=C(\C)C2=NC(C)(C)CO2)c1. The van der Waals surface area contributed by atoms with E-state index in [9.17, 15) is 0 Å². The fourth-order valence-electron chi connectivity index (χ4n) is 1.83. The summed E-state index contributed by atoms with van der Waals surface area (Å²) in [5, 5.41) is 0. The number of ether oxygens (including phenoxy) is 2. The molecule has 0 unspecified atom stereocenters. The molecule has 0 saturated carbocycles. The summed E-state index contributed by atoms with van der Waals surface area (Å²) in [5.74, 6) is 1.59. The van der Waals surface area contributed by atoms with Crippen molar-refractivity contribution >= 4 is 12.0 Å². The average Bonchev–Trinajstić information content (AvgIpc) is 2.70. The predicted octanol–water partition coefficient (Wildman–Crippen LogP) is 3.31. The van der Waals surface area contributed by atoms with Gasteiger partial charge in [-0.05, 0) is 44.5 Å². The van der Waals surface area contributed by atoms with Crippen molar-refractivity contribution in [3.05, 3.63) is 35.4 Å². The third-order valence-corrected chi connectivity index (χ3v) is 2.78. The molecular weight excluding hydrogens is 226 g/mol. The molecule has 1 aromatic rings. The van der Waals surface area contributed by atoms with Gasteiger partial charge in [-0.15, -0.1) is 0 Å². The van der Waals surface area contributed by atoms with Crippen LogP contribution in [0.3, 0.4) is 0 Å². The van der Waals surface area contributed by atoms with Crippen molar-refractivity contribution in [1.82, 2.24) is 0 Å². The van der Waals surface area contributed by atoms with E-state index in [-0.39, 0.29) is 5.54 Å². The van der Waals surface area contributed by atoms with Crippen molar-refractivity contribution in [2.75, 3.05) is 13.7 Å². The van der Waals surface area contributed by atoms with Gasteiger partial charge < -0.3 is 9.47 Å². The van der Waals surface area contributed by atoms with E-state index in [1.165, 1.54) is 0 Å². The fraction of sp³-hybridized carbons (Fsp3) is 0.400. The first kappa shape index (κ1) is 12.7. The van der Waals surface area contributed by atoms with Crippen LogP contribution in [0.1, 0.15) is 26.3 Å². The fourth-order valence-corrected chi connectivity index (χ4v) is 1.83. The minimum absolute atomic E-state index is 0.112. The molecule has 1 aliphatic rings. The van der Waals surface area contributed by atoms with E-state index < -0.39 is 0 Å². The lowest BCUT2D eigenvalue weighted by Crippen LogP contribution is -2.17. The van der Waals surface area contributed by atoms with Gasteiger partial charge in [-0.3, -0.25) is 0 Å². The Balaban J connectivity index is 2.23. The van der Waals surface area contributed by atoms with E-state index in [0.29, 0.717) is 6.61 Å². The molecule has 0 amide bonds. The van der Waals surface area contributed by atoms with Crippen LogP contribution in [-0.4, -0.2) is 25.2 Å². The molecule has 0 aliphatic carbocycles. The van der Waals surface area contributed by atoms with Crippen molar-refractivity contribution in [2.45, 2.75) is 26.3 Å². The van der Waals surface area contributed by atoms with Crippen LogP contribution in [0.2, 0.25) is 0 Å². The van der Waals surface area contributed by atoms with Crippen molar-refractivity contribution in [2.24, 2.45) is 4.99 Å². The summed E-state index contributed by atoms with van der Waals surface area (Å²) in [6.07, 6.45) is 2.06. The van der Waals surface area contributed by atoms with Gasteiger partial charge in [-0.1, -0.05) is 12.1 Å².